The van der Waals surface area contributed by atoms with E-state index in [1.54, 1.807) is 16.7 Å². The Morgan fingerprint density at radius 2 is 1.62 bits per heavy atom. The number of hydrogen-bond acceptors (Lipinski definition) is 4. The molecule has 0 saturated carbocycles. The number of aryl methyl sites for hydroxylation is 2. The molecule has 2 heterocycles. The molecular formula is C22H25N3O4. The van der Waals surface area contributed by atoms with Crippen LogP contribution in [-0.2, 0) is 11.2 Å². The van der Waals surface area contributed by atoms with E-state index < -0.39 is 5.97 Å². The Kier molecular flexibility index (Phi) is 6.59. The fraction of sp³-hybridized carbons (Fsp3) is 0.364. The predicted molar refractivity (Wildman–Crippen MR) is 108 cm³/mol. The van der Waals surface area contributed by atoms with Gasteiger partial charge >= 0.3 is 5.97 Å². The maximum Gasteiger partial charge on any atom is 0.337 e. The third-order valence-corrected chi connectivity index (χ3v) is 5.15. The summed E-state index contributed by atoms with van der Waals surface area (Å²) in [6.07, 6.45) is 2.18. The van der Waals surface area contributed by atoms with Crippen molar-refractivity contribution in [1.29, 1.82) is 0 Å². The summed E-state index contributed by atoms with van der Waals surface area (Å²) in [5.41, 5.74) is 1.87. The highest BCUT2D eigenvalue weighted by atomic mass is 16.4. The minimum atomic E-state index is -1.06. The molecule has 2 aromatic rings. The molecule has 3 rings (SSSR count). The summed E-state index contributed by atoms with van der Waals surface area (Å²) >= 11 is 0. The normalized spacial score (nSPS) is 14.0. The number of carbonyl (C=O) groups excluding carboxylic acids is 2. The van der Waals surface area contributed by atoms with Crippen LogP contribution in [0.2, 0.25) is 0 Å². The summed E-state index contributed by atoms with van der Waals surface area (Å²) in [5.74, 6) is -1.18. The summed E-state index contributed by atoms with van der Waals surface area (Å²) in [5, 5.41) is 9.08. The van der Waals surface area contributed by atoms with Crippen LogP contribution in [0.3, 0.4) is 0 Å². The van der Waals surface area contributed by atoms with Gasteiger partial charge in [-0.25, -0.2) is 9.78 Å². The van der Waals surface area contributed by atoms with E-state index in [0.29, 0.717) is 38.3 Å². The number of carbonyl (C=O) groups is 3. The Hall–Kier alpha value is -3.22. The summed E-state index contributed by atoms with van der Waals surface area (Å²) in [7, 11) is 0. The highest BCUT2D eigenvalue weighted by molar-refractivity contribution is 5.94. The second-order valence-corrected chi connectivity index (χ2v) is 7.15. The number of amides is 2. The van der Waals surface area contributed by atoms with Gasteiger partial charge in [-0.15, -0.1) is 0 Å². The molecule has 1 fully saturated rings. The van der Waals surface area contributed by atoms with Gasteiger partial charge < -0.3 is 14.9 Å². The summed E-state index contributed by atoms with van der Waals surface area (Å²) in [6.45, 7) is 3.48. The molecule has 0 unspecified atom stereocenters. The molecule has 0 radical (unpaired) electrons. The minimum Gasteiger partial charge on any atom is -0.478 e. The van der Waals surface area contributed by atoms with Gasteiger partial charge in [-0.2, -0.15) is 0 Å². The van der Waals surface area contributed by atoms with Crippen LogP contribution in [0.1, 0.15) is 44.9 Å². The van der Waals surface area contributed by atoms with E-state index >= 15 is 0 Å². The lowest BCUT2D eigenvalue weighted by Crippen LogP contribution is -2.50. The Balaban J connectivity index is 1.48. The zero-order valence-electron chi connectivity index (χ0n) is 16.5. The van der Waals surface area contributed by atoms with Crippen molar-refractivity contribution >= 4 is 17.8 Å². The molecule has 1 aliphatic heterocycles. The number of nitrogens with zero attached hydrogens (tertiary/aromatic N) is 3. The number of benzene rings is 1. The monoisotopic (exact) mass is 395 g/mol. The van der Waals surface area contributed by atoms with Gasteiger partial charge in [0, 0.05) is 32.6 Å². The molecular weight excluding hydrogens is 370 g/mol. The molecule has 29 heavy (non-hydrogen) atoms. The number of hydrogen-bond donors (Lipinski definition) is 1. The maximum atomic E-state index is 12.7. The van der Waals surface area contributed by atoms with Crippen LogP contribution < -0.4 is 0 Å². The predicted octanol–water partition coefficient (Wildman–Crippen LogP) is 2.40. The SMILES string of the molecule is Cc1nc(C(=O)N2CCN(C(=O)CCCc3ccccc3)CC2)ccc1C(=O)O. The van der Waals surface area contributed by atoms with E-state index in [4.69, 9.17) is 5.11 Å². The van der Waals surface area contributed by atoms with E-state index in [1.165, 1.54) is 17.7 Å². The molecule has 7 nitrogen and oxygen atoms in total. The first-order valence-electron chi connectivity index (χ1n) is 9.77. The summed E-state index contributed by atoms with van der Waals surface area (Å²) < 4.78 is 0. The van der Waals surface area contributed by atoms with Crippen LogP contribution in [0.15, 0.2) is 42.5 Å². The Labute approximate surface area is 170 Å². The lowest BCUT2D eigenvalue weighted by atomic mass is 10.1. The Morgan fingerprint density at radius 1 is 0.966 bits per heavy atom. The molecule has 152 valence electrons. The molecule has 2 amide bonds. The molecule has 1 saturated heterocycles. The van der Waals surface area contributed by atoms with Crippen molar-refractivity contribution in [2.75, 3.05) is 26.2 Å². The Morgan fingerprint density at radius 3 is 2.24 bits per heavy atom. The quantitative estimate of drug-likeness (QED) is 0.811. The fourth-order valence-corrected chi connectivity index (χ4v) is 3.47. The molecule has 7 heteroatoms. The van der Waals surface area contributed by atoms with Crippen molar-refractivity contribution in [3.05, 3.63) is 65.0 Å². The fourth-order valence-electron chi connectivity index (χ4n) is 3.47. The highest BCUT2D eigenvalue weighted by Crippen LogP contribution is 2.13. The van der Waals surface area contributed by atoms with Crippen LogP contribution in [-0.4, -0.2) is 63.9 Å². The van der Waals surface area contributed by atoms with Crippen molar-refractivity contribution in [3.8, 4) is 0 Å². The zero-order valence-corrected chi connectivity index (χ0v) is 16.5. The number of carboxylic acids is 1. The van der Waals surface area contributed by atoms with Gasteiger partial charge in [-0.1, -0.05) is 30.3 Å². The standard InChI is InChI=1S/C22H25N3O4/c1-16-18(22(28)29)10-11-19(23-16)21(27)25-14-12-24(13-15-25)20(26)9-5-8-17-6-3-2-4-7-17/h2-4,6-7,10-11H,5,8-9,12-15H2,1H3,(H,28,29). The maximum absolute atomic E-state index is 12.7. The van der Waals surface area contributed by atoms with E-state index in [-0.39, 0.29) is 23.1 Å². The summed E-state index contributed by atoms with van der Waals surface area (Å²) in [4.78, 5) is 43.8. The molecule has 0 bridgehead atoms. The lowest BCUT2D eigenvalue weighted by Gasteiger charge is -2.34. The van der Waals surface area contributed by atoms with Gasteiger partial charge in [0.2, 0.25) is 5.91 Å². The van der Waals surface area contributed by atoms with E-state index in [9.17, 15) is 14.4 Å². The van der Waals surface area contributed by atoms with Crippen molar-refractivity contribution in [1.82, 2.24) is 14.8 Å². The number of aromatic carboxylic acids is 1. The number of piperazine rings is 1. The van der Waals surface area contributed by atoms with Crippen molar-refractivity contribution in [3.63, 3.8) is 0 Å². The highest BCUT2D eigenvalue weighted by Gasteiger charge is 2.25. The molecule has 1 aromatic heterocycles. The van der Waals surface area contributed by atoms with E-state index in [2.05, 4.69) is 17.1 Å². The van der Waals surface area contributed by atoms with Crippen molar-refractivity contribution in [2.45, 2.75) is 26.2 Å². The van der Waals surface area contributed by atoms with Crippen LogP contribution in [0.5, 0.6) is 0 Å². The first-order chi connectivity index (χ1) is 14.0. The first-order valence-corrected chi connectivity index (χ1v) is 9.77. The van der Waals surface area contributed by atoms with Crippen LogP contribution in [0.25, 0.3) is 0 Å². The molecule has 0 aliphatic carbocycles. The largest absolute Gasteiger partial charge is 0.478 e. The average molecular weight is 395 g/mol. The van der Waals surface area contributed by atoms with E-state index in [0.717, 1.165) is 12.8 Å². The van der Waals surface area contributed by atoms with Gasteiger partial charge in [0.05, 0.1) is 11.3 Å². The molecule has 1 N–H and O–H groups in total. The van der Waals surface area contributed by atoms with Crippen molar-refractivity contribution < 1.29 is 19.5 Å². The third kappa shape index (κ3) is 5.19. The molecule has 0 spiro atoms. The number of pyridine rings is 1. The lowest BCUT2D eigenvalue weighted by molar-refractivity contribution is -0.132. The smallest absolute Gasteiger partial charge is 0.337 e. The second kappa shape index (κ2) is 9.32. The number of carboxylic acid groups (broad SMARTS) is 1. The van der Waals surface area contributed by atoms with Gasteiger partial charge in [-0.05, 0) is 37.5 Å². The number of rotatable bonds is 6. The van der Waals surface area contributed by atoms with Crippen molar-refractivity contribution in [2.24, 2.45) is 0 Å². The van der Waals surface area contributed by atoms with Gasteiger partial charge in [0.15, 0.2) is 0 Å². The third-order valence-electron chi connectivity index (χ3n) is 5.15. The first kappa shape index (κ1) is 20.5. The average Bonchev–Trinajstić information content (AvgIpc) is 2.73. The number of aromatic nitrogens is 1. The van der Waals surface area contributed by atoms with Gasteiger partial charge in [-0.3, -0.25) is 9.59 Å². The van der Waals surface area contributed by atoms with Gasteiger partial charge in [0.25, 0.3) is 5.91 Å². The zero-order chi connectivity index (χ0) is 20.8. The molecule has 0 atom stereocenters. The second-order valence-electron chi connectivity index (χ2n) is 7.15. The Bertz CT molecular complexity index is 890. The minimum absolute atomic E-state index is 0.0902. The van der Waals surface area contributed by atoms with E-state index in [1.807, 2.05) is 18.2 Å². The van der Waals surface area contributed by atoms with Crippen LogP contribution in [0, 0.1) is 6.92 Å². The van der Waals surface area contributed by atoms with Crippen LogP contribution >= 0.6 is 0 Å². The van der Waals surface area contributed by atoms with Crippen LogP contribution in [0.4, 0.5) is 0 Å². The van der Waals surface area contributed by atoms with Gasteiger partial charge in [0.1, 0.15) is 5.69 Å². The molecule has 1 aromatic carbocycles. The topological polar surface area (TPSA) is 90.8 Å². The molecule has 1 aliphatic rings. The summed E-state index contributed by atoms with van der Waals surface area (Å²) in [6, 6.07) is 13.0.